The maximum absolute atomic E-state index is 10.8. The van der Waals surface area contributed by atoms with Crippen molar-refractivity contribution in [3.05, 3.63) is 29.9 Å². The molecule has 5 nitrogen and oxygen atoms in total. The van der Waals surface area contributed by atoms with Gasteiger partial charge in [0.25, 0.3) is 0 Å². The van der Waals surface area contributed by atoms with Crippen LogP contribution in [0.3, 0.4) is 0 Å². The highest BCUT2D eigenvalue weighted by atomic mass is 16.1. The largest absolute Gasteiger partial charge is 0.366 e. The molecule has 0 aliphatic carbocycles. The number of carbonyl (C=O) groups is 1. The summed E-state index contributed by atoms with van der Waals surface area (Å²) >= 11 is 0. The summed E-state index contributed by atoms with van der Waals surface area (Å²) in [6.07, 6.45) is 5.20. The van der Waals surface area contributed by atoms with Gasteiger partial charge in [-0.1, -0.05) is 0 Å². The van der Waals surface area contributed by atoms with Gasteiger partial charge in [-0.2, -0.15) is 0 Å². The second-order valence-corrected chi connectivity index (χ2v) is 2.75. The van der Waals surface area contributed by atoms with Crippen molar-refractivity contribution in [2.45, 2.75) is 6.42 Å². The predicted octanol–water partition coefficient (Wildman–Crippen LogP) is -0.186. The number of rotatable bonds is 1. The highest BCUT2D eigenvalue weighted by Crippen LogP contribution is 2.19. The molecule has 0 radical (unpaired) electrons. The van der Waals surface area contributed by atoms with Gasteiger partial charge in [0.1, 0.15) is 12.1 Å². The highest BCUT2D eigenvalue weighted by molar-refractivity contribution is 5.93. The lowest BCUT2D eigenvalue weighted by Gasteiger charge is -2.13. The summed E-state index contributed by atoms with van der Waals surface area (Å²) in [7, 11) is 0. The number of amides is 1. The Hall–Kier alpha value is -1.91. The Morgan fingerprint density at radius 3 is 3.23 bits per heavy atom. The third kappa shape index (κ3) is 1.35. The van der Waals surface area contributed by atoms with E-state index in [4.69, 9.17) is 5.73 Å². The van der Waals surface area contributed by atoms with Crippen molar-refractivity contribution >= 4 is 11.7 Å². The van der Waals surface area contributed by atoms with E-state index in [0.29, 0.717) is 12.0 Å². The van der Waals surface area contributed by atoms with Crippen LogP contribution in [-0.4, -0.2) is 15.9 Å². The Kier molecular flexibility index (Phi) is 1.70. The molecule has 0 fully saturated rings. The minimum Gasteiger partial charge on any atom is -0.366 e. The van der Waals surface area contributed by atoms with E-state index in [1.54, 1.807) is 12.4 Å². The summed E-state index contributed by atoms with van der Waals surface area (Å²) in [5, 5.41) is 2.88. The van der Waals surface area contributed by atoms with Gasteiger partial charge in [-0.25, -0.2) is 9.97 Å². The fourth-order valence-corrected chi connectivity index (χ4v) is 1.19. The molecule has 1 aliphatic rings. The predicted molar refractivity (Wildman–Crippen MR) is 46.6 cm³/mol. The summed E-state index contributed by atoms with van der Waals surface area (Å²) in [5.74, 6) is 0.321. The SMILES string of the molecule is NC(=O)C1=CNc2ncncc2C1. The summed E-state index contributed by atoms with van der Waals surface area (Å²) in [4.78, 5) is 18.7. The Morgan fingerprint density at radius 2 is 2.46 bits per heavy atom. The van der Waals surface area contributed by atoms with Gasteiger partial charge in [-0.05, 0) is 0 Å². The molecule has 3 N–H and O–H groups in total. The molecule has 0 atom stereocenters. The number of hydrogen-bond donors (Lipinski definition) is 2. The van der Waals surface area contributed by atoms with Gasteiger partial charge in [-0.15, -0.1) is 0 Å². The molecule has 5 heteroatoms. The van der Waals surface area contributed by atoms with Crippen LogP contribution in [0, 0.1) is 0 Å². The summed E-state index contributed by atoms with van der Waals surface area (Å²) in [6.45, 7) is 0. The molecule has 1 aromatic heterocycles. The first-order valence-corrected chi connectivity index (χ1v) is 3.81. The Morgan fingerprint density at radius 1 is 1.62 bits per heavy atom. The number of primary amides is 1. The molecule has 2 rings (SSSR count). The van der Waals surface area contributed by atoms with E-state index in [1.807, 2.05) is 0 Å². The maximum Gasteiger partial charge on any atom is 0.246 e. The number of hydrogen-bond acceptors (Lipinski definition) is 4. The summed E-state index contributed by atoms with van der Waals surface area (Å²) in [6, 6.07) is 0. The van der Waals surface area contributed by atoms with Gasteiger partial charge in [-0.3, -0.25) is 4.79 Å². The molecule has 0 saturated heterocycles. The zero-order valence-electron chi connectivity index (χ0n) is 6.82. The molecular weight excluding hydrogens is 168 g/mol. The Balaban J connectivity index is 2.33. The fourth-order valence-electron chi connectivity index (χ4n) is 1.19. The third-order valence-electron chi connectivity index (χ3n) is 1.87. The van der Waals surface area contributed by atoms with Crippen molar-refractivity contribution < 1.29 is 4.79 Å². The van der Waals surface area contributed by atoms with E-state index >= 15 is 0 Å². The zero-order chi connectivity index (χ0) is 9.26. The molecule has 0 aromatic carbocycles. The monoisotopic (exact) mass is 176 g/mol. The molecule has 1 aromatic rings. The van der Waals surface area contributed by atoms with Crippen LogP contribution in [0.5, 0.6) is 0 Å². The molecule has 1 aliphatic heterocycles. The van der Waals surface area contributed by atoms with Crippen molar-refractivity contribution in [3.63, 3.8) is 0 Å². The molecule has 0 spiro atoms. The van der Waals surface area contributed by atoms with Gasteiger partial charge in [0, 0.05) is 30.0 Å². The first kappa shape index (κ1) is 7.72. The average molecular weight is 176 g/mol. The molecule has 66 valence electrons. The van der Waals surface area contributed by atoms with Gasteiger partial charge in [0.05, 0.1) is 0 Å². The van der Waals surface area contributed by atoms with E-state index in [0.717, 1.165) is 11.4 Å². The minimum atomic E-state index is -0.415. The lowest BCUT2D eigenvalue weighted by molar-refractivity contribution is -0.114. The number of carbonyl (C=O) groups excluding carboxylic acids is 1. The number of aromatic nitrogens is 2. The quantitative estimate of drug-likeness (QED) is 0.621. The van der Waals surface area contributed by atoms with Gasteiger partial charge < -0.3 is 11.1 Å². The van der Waals surface area contributed by atoms with Crippen LogP contribution >= 0.6 is 0 Å². The van der Waals surface area contributed by atoms with Crippen molar-refractivity contribution in [1.82, 2.24) is 9.97 Å². The molecular formula is C8H8N4O. The molecule has 2 heterocycles. The first-order chi connectivity index (χ1) is 6.27. The van der Waals surface area contributed by atoms with Crippen molar-refractivity contribution in [3.8, 4) is 0 Å². The van der Waals surface area contributed by atoms with Crippen molar-refractivity contribution in [1.29, 1.82) is 0 Å². The highest BCUT2D eigenvalue weighted by Gasteiger charge is 2.14. The average Bonchev–Trinajstić information content (AvgIpc) is 2.17. The van der Waals surface area contributed by atoms with E-state index in [-0.39, 0.29) is 0 Å². The Labute approximate surface area is 74.7 Å². The maximum atomic E-state index is 10.8. The second-order valence-electron chi connectivity index (χ2n) is 2.75. The fraction of sp³-hybridized carbons (Fsp3) is 0.125. The van der Waals surface area contributed by atoms with Crippen LogP contribution < -0.4 is 11.1 Å². The van der Waals surface area contributed by atoms with E-state index in [2.05, 4.69) is 15.3 Å². The smallest absolute Gasteiger partial charge is 0.246 e. The number of fused-ring (bicyclic) bond motifs is 1. The van der Waals surface area contributed by atoms with Crippen LogP contribution in [0.4, 0.5) is 5.82 Å². The molecule has 0 bridgehead atoms. The lowest BCUT2D eigenvalue weighted by atomic mass is 10.1. The minimum absolute atomic E-state index is 0.415. The zero-order valence-corrected chi connectivity index (χ0v) is 6.82. The first-order valence-electron chi connectivity index (χ1n) is 3.81. The Bertz CT molecular complexity index is 385. The van der Waals surface area contributed by atoms with Crippen molar-refractivity contribution in [2.24, 2.45) is 5.73 Å². The molecule has 1 amide bonds. The number of nitrogens with two attached hydrogens (primary N) is 1. The molecule has 0 saturated carbocycles. The van der Waals surface area contributed by atoms with E-state index in [9.17, 15) is 4.79 Å². The van der Waals surface area contributed by atoms with Gasteiger partial charge in [0.15, 0.2) is 0 Å². The van der Waals surface area contributed by atoms with Crippen LogP contribution in [0.25, 0.3) is 0 Å². The lowest BCUT2D eigenvalue weighted by Crippen LogP contribution is -2.20. The molecule has 0 unspecified atom stereocenters. The van der Waals surface area contributed by atoms with Crippen LogP contribution in [0.15, 0.2) is 24.3 Å². The standard InChI is InChI=1S/C8H8N4O/c9-7(13)5-1-6-2-10-4-12-8(6)11-3-5/h2-4H,1H2,(H2,9,13)(H,10,11,12). The van der Waals surface area contributed by atoms with Crippen LogP contribution in [-0.2, 0) is 11.2 Å². The van der Waals surface area contributed by atoms with E-state index in [1.165, 1.54) is 6.33 Å². The summed E-state index contributed by atoms with van der Waals surface area (Å²) in [5.41, 5.74) is 6.57. The normalized spacial score (nSPS) is 14.0. The number of anilines is 1. The van der Waals surface area contributed by atoms with Crippen molar-refractivity contribution in [2.75, 3.05) is 5.32 Å². The number of nitrogens with zero attached hydrogens (tertiary/aromatic N) is 2. The van der Waals surface area contributed by atoms with Gasteiger partial charge >= 0.3 is 0 Å². The topological polar surface area (TPSA) is 80.9 Å². The second kappa shape index (κ2) is 2.85. The summed E-state index contributed by atoms with van der Waals surface area (Å²) < 4.78 is 0. The van der Waals surface area contributed by atoms with Gasteiger partial charge in [0.2, 0.25) is 5.91 Å². The third-order valence-corrected chi connectivity index (χ3v) is 1.87. The van der Waals surface area contributed by atoms with Crippen LogP contribution in [0.1, 0.15) is 5.56 Å². The van der Waals surface area contributed by atoms with Crippen LogP contribution in [0.2, 0.25) is 0 Å². The number of nitrogens with one attached hydrogen (secondary N) is 1. The van der Waals surface area contributed by atoms with E-state index < -0.39 is 5.91 Å². The molecule has 13 heavy (non-hydrogen) atoms.